The van der Waals surface area contributed by atoms with Gasteiger partial charge in [-0.1, -0.05) is 6.92 Å². The Kier molecular flexibility index (Phi) is 7.00. The minimum absolute atomic E-state index is 0.328. The number of hydrogen-bond acceptors (Lipinski definition) is 5. The smallest absolute Gasteiger partial charge is 0.289 e. The zero-order valence-corrected chi connectivity index (χ0v) is 16.5. The van der Waals surface area contributed by atoms with E-state index in [1.165, 1.54) is 0 Å². The van der Waals surface area contributed by atoms with Gasteiger partial charge in [0, 0.05) is 5.56 Å². The van der Waals surface area contributed by atoms with Crippen LogP contribution in [0, 0.1) is 0 Å². The summed E-state index contributed by atoms with van der Waals surface area (Å²) in [6, 6.07) is 16.7. The average Bonchev–Trinajstić information content (AvgIpc) is 3.24. The first kappa shape index (κ1) is 20.1. The zero-order valence-electron chi connectivity index (χ0n) is 16.5. The fourth-order valence-electron chi connectivity index (χ4n) is 2.57. The van der Waals surface area contributed by atoms with Gasteiger partial charge in [0.25, 0.3) is 5.91 Å². The summed E-state index contributed by atoms with van der Waals surface area (Å²) in [6.07, 6.45) is 2.54. The van der Waals surface area contributed by atoms with Gasteiger partial charge in [-0.15, -0.1) is 0 Å². The van der Waals surface area contributed by atoms with Crippen molar-refractivity contribution in [1.82, 2.24) is 15.6 Å². The zero-order chi connectivity index (χ0) is 20.5. The number of hydrogen-bond donors (Lipinski definition) is 2. The maximum absolute atomic E-state index is 12.3. The van der Waals surface area contributed by atoms with Crippen molar-refractivity contribution in [2.45, 2.75) is 20.3 Å². The van der Waals surface area contributed by atoms with E-state index in [0.717, 1.165) is 29.0 Å². The van der Waals surface area contributed by atoms with Gasteiger partial charge in [0.1, 0.15) is 17.2 Å². The third-order valence-electron chi connectivity index (χ3n) is 4.02. The van der Waals surface area contributed by atoms with E-state index in [-0.39, 0.29) is 5.91 Å². The quantitative estimate of drug-likeness (QED) is 0.425. The lowest BCUT2D eigenvalue weighted by atomic mass is 10.1. The van der Waals surface area contributed by atoms with Crippen molar-refractivity contribution in [1.29, 1.82) is 0 Å². The van der Waals surface area contributed by atoms with Crippen LogP contribution in [0.2, 0.25) is 0 Å². The van der Waals surface area contributed by atoms with Crippen LogP contribution in [-0.2, 0) is 0 Å². The van der Waals surface area contributed by atoms with Gasteiger partial charge < -0.3 is 9.47 Å². The summed E-state index contributed by atoms with van der Waals surface area (Å²) >= 11 is 0. The molecule has 2 N–H and O–H groups in total. The molecule has 3 aromatic rings. The summed E-state index contributed by atoms with van der Waals surface area (Å²) in [5.74, 6) is 1.24. The lowest BCUT2D eigenvalue weighted by Crippen LogP contribution is -2.17. The van der Waals surface area contributed by atoms with Crippen molar-refractivity contribution >= 4 is 12.1 Å². The van der Waals surface area contributed by atoms with Gasteiger partial charge in [-0.25, -0.2) is 5.43 Å². The number of rotatable bonds is 9. The number of carbonyl (C=O) groups is 1. The molecule has 1 amide bonds. The molecule has 0 aliphatic heterocycles. The summed E-state index contributed by atoms with van der Waals surface area (Å²) < 4.78 is 11.0. The van der Waals surface area contributed by atoms with E-state index in [0.29, 0.717) is 24.6 Å². The predicted octanol–water partition coefficient (Wildman–Crippen LogP) is 4.03. The molecule has 1 heterocycles. The van der Waals surface area contributed by atoms with Crippen molar-refractivity contribution in [3.05, 3.63) is 65.9 Å². The van der Waals surface area contributed by atoms with Gasteiger partial charge in [0.2, 0.25) is 0 Å². The van der Waals surface area contributed by atoms with Crippen LogP contribution in [0.4, 0.5) is 0 Å². The van der Waals surface area contributed by atoms with Crippen molar-refractivity contribution < 1.29 is 14.3 Å². The number of ether oxygens (including phenoxy) is 2. The first-order valence-electron chi connectivity index (χ1n) is 9.54. The highest BCUT2D eigenvalue weighted by atomic mass is 16.5. The minimum atomic E-state index is -0.367. The van der Waals surface area contributed by atoms with Crippen LogP contribution in [0.1, 0.15) is 36.3 Å². The molecule has 150 valence electrons. The lowest BCUT2D eigenvalue weighted by Gasteiger charge is -2.03. The van der Waals surface area contributed by atoms with Crippen LogP contribution in [0.3, 0.4) is 0 Å². The van der Waals surface area contributed by atoms with Crippen molar-refractivity contribution in [3.63, 3.8) is 0 Å². The van der Waals surface area contributed by atoms with Crippen molar-refractivity contribution in [2.24, 2.45) is 5.10 Å². The van der Waals surface area contributed by atoms with Gasteiger partial charge in [-0.2, -0.15) is 10.2 Å². The maximum atomic E-state index is 12.3. The molecule has 0 saturated heterocycles. The molecule has 0 spiro atoms. The van der Waals surface area contributed by atoms with Crippen LogP contribution in [0.15, 0.2) is 59.7 Å². The summed E-state index contributed by atoms with van der Waals surface area (Å²) in [5.41, 5.74) is 5.24. The standard InChI is InChI=1S/C22H24N4O3/c1-3-13-29-19-9-5-16(6-10-19)15-23-26-22(27)21-14-20(24-25-21)17-7-11-18(12-8-17)28-4-2/h5-12,14-15H,3-4,13H2,1-2H3,(H,24,25)(H,26,27)/b23-15-. The third kappa shape index (κ3) is 5.68. The molecule has 2 aromatic carbocycles. The van der Waals surface area contributed by atoms with E-state index in [9.17, 15) is 4.79 Å². The molecule has 7 heteroatoms. The van der Waals surface area contributed by atoms with E-state index in [4.69, 9.17) is 9.47 Å². The summed E-state index contributed by atoms with van der Waals surface area (Å²) in [6.45, 7) is 5.30. The van der Waals surface area contributed by atoms with Gasteiger partial charge in [0.15, 0.2) is 0 Å². The highest BCUT2D eigenvalue weighted by molar-refractivity contribution is 5.94. The first-order valence-corrected chi connectivity index (χ1v) is 9.54. The van der Waals surface area contributed by atoms with Crippen molar-refractivity contribution in [2.75, 3.05) is 13.2 Å². The third-order valence-corrected chi connectivity index (χ3v) is 4.02. The molecule has 0 bridgehead atoms. The number of benzene rings is 2. The molecule has 29 heavy (non-hydrogen) atoms. The Labute approximate surface area is 169 Å². The number of carbonyl (C=O) groups excluding carboxylic acids is 1. The molecule has 7 nitrogen and oxygen atoms in total. The van der Waals surface area contributed by atoms with E-state index in [1.54, 1.807) is 12.3 Å². The van der Waals surface area contributed by atoms with Crippen LogP contribution in [0.5, 0.6) is 11.5 Å². The summed E-state index contributed by atoms with van der Waals surface area (Å²) in [5, 5.41) is 10.9. The molecule has 0 atom stereocenters. The van der Waals surface area contributed by atoms with Crippen LogP contribution >= 0.6 is 0 Å². The first-order chi connectivity index (χ1) is 14.2. The van der Waals surface area contributed by atoms with E-state index >= 15 is 0 Å². The number of H-pyrrole nitrogens is 1. The maximum Gasteiger partial charge on any atom is 0.289 e. The topological polar surface area (TPSA) is 88.6 Å². The van der Waals surface area contributed by atoms with Crippen LogP contribution in [-0.4, -0.2) is 35.5 Å². The van der Waals surface area contributed by atoms with Crippen LogP contribution < -0.4 is 14.9 Å². The minimum Gasteiger partial charge on any atom is -0.494 e. The Morgan fingerprint density at radius 3 is 2.45 bits per heavy atom. The largest absolute Gasteiger partial charge is 0.494 e. The average molecular weight is 392 g/mol. The predicted molar refractivity (Wildman–Crippen MR) is 112 cm³/mol. The SMILES string of the molecule is CCCOc1ccc(/C=N\NC(=O)c2cc(-c3ccc(OCC)cc3)n[nH]2)cc1. The number of amides is 1. The fraction of sp³-hybridized carbons (Fsp3) is 0.227. The Hall–Kier alpha value is -3.61. The molecular weight excluding hydrogens is 368 g/mol. The van der Waals surface area contributed by atoms with Gasteiger partial charge in [0.05, 0.1) is 25.1 Å². The molecule has 0 aliphatic carbocycles. The highest BCUT2D eigenvalue weighted by Crippen LogP contribution is 2.21. The summed E-state index contributed by atoms with van der Waals surface area (Å²) in [4.78, 5) is 12.3. The number of hydrazone groups is 1. The van der Waals surface area contributed by atoms with Gasteiger partial charge in [-0.3, -0.25) is 9.89 Å². The second-order valence-electron chi connectivity index (χ2n) is 6.24. The van der Waals surface area contributed by atoms with Gasteiger partial charge >= 0.3 is 0 Å². The molecular formula is C22H24N4O3. The molecule has 0 aliphatic rings. The Morgan fingerprint density at radius 2 is 1.76 bits per heavy atom. The Balaban J connectivity index is 1.56. The second kappa shape index (κ2) is 10.1. The molecule has 0 fully saturated rings. The second-order valence-corrected chi connectivity index (χ2v) is 6.24. The van der Waals surface area contributed by atoms with Crippen LogP contribution in [0.25, 0.3) is 11.3 Å². The molecule has 3 rings (SSSR count). The Bertz CT molecular complexity index is 947. The highest BCUT2D eigenvalue weighted by Gasteiger charge is 2.10. The normalized spacial score (nSPS) is 10.8. The molecule has 0 unspecified atom stereocenters. The van der Waals surface area contributed by atoms with E-state index < -0.39 is 0 Å². The van der Waals surface area contributed by atoms with E-state index in [1.807, 2.05) is 55.5 Å². The van der Waals surface area contributed by atoms with Crippen molar-refractivity contribution in [3.8, 4) is 22.8 Å². The number of aromatic nitrogens is 2. The van der Waals surface area contributed by atoms with Gasteiger partial charge in [-0.05, 0) is 73.5 Å². The lowest BCUT2D eigenvalue weighted by molar-refractivity contribution is 0.0950. The Morgan fingerprint density at radius 1 is 1.07 bits per heavy atom. The molecule has 0 radical (unpaired) electrons. The number of nitrogens with one attached hydrogen (secondary N) is 2. The summed E-state index contributed by atoms with van der Waals surface area (Å²) in [7, 11) is 0. The number of nitrogens with zero attached hydrogens (tertiary/aromatic N) is 2. The van der Waals surface area contributed by atoms with E-state index in [2.05, 4.69) is 27.6 Å². The number of aromatic amines is 1. The monoisotopic (exact) mass is 392 g/mol. The fourth-order valence-corrected chi connectivity index (χ4v) is 2.57. The molecule has 1 aromatic heterocycles. The molecule has 0 saturated carbocycles.